The van der Waals surface area contributed by atoms with Crippen molar-refractivity contribution in [2.24, 2.45) is 0 Å². The molecule has 0 aliphatic carbocycles. The molecule has 98 valence electrons. The van der Waals surface area contributed by atoms with Gasteiger partial charge in [0.1, 0.15) is 0 Å². The maximum Gasteiger partial charge on any atom is 0.337 e. The summed E-state index contributed by atoms with van der Waals surface area (Å²) in [5, 5.41) is 20.5. The summed E-state index contributed by atoms with van der Waals surface area (Å²) in [6.45, 7) is 8.34. The fraction of sp³-hybridized carbons (Fsp3) is 0.636. The van der Waals surface area contributed by atoms with E-state index in [9.17, 15) is 14.7 Å². The maximum absolute atomic E-state index is 11.7. The highest BCUT2D eigenvalue weighted by molar-refractivity contribution is 5.79. The first-order chi connectivity index (χ1) is 7.72. The van der Waals surface area contributed by atoms with E-state index in [0.717, 1.165) is 6.92 Å². The molecule has 0 aliphatic rings. The van der Waals surface area contributed by atoms with Gasteiger partial charge in [0.05, 0.1) is 6.54 Å². The van der Waals surface area contributed by atoms with Gasteiger partial charge in [0.15, 0.2) is 5.60 Å². The van der Waals surface area contributed by atoms with Gasteiger partial charge in [0.25, 0.3) is 0 Å². The number of carbonyl (C=O) groups is 2. The third kappa shape index (κ3) is 4.86. The van der Waals surface area contributed by atoms with Crippen LogP contribution in [0.5, 0.6) is 0 Å². The molecule has 0 bridgehead atoms. The first kappa shape index (κ1) is 15.4. The van der Waals surface area contributed by atoms with Crippen molar-refractivity contribution in [2.75, 3.05) is 13.1 Å². The van der Waals surface area contributed by atoms with Crippen molar-refractivity contribution in [3.63, 3.8) is 0 Å². The summed E-state index contributed by atoms with van der Waals surface area (Å²) >= 11 is 0. The van der Waals surface area contributed by atoms with Gasteiger partial charge < -0.3 is 20.4 Å². The van der Waals surface area contributed by atoms with Gasteiger partial charge >= 0.3 is 12.0 Å². The predicted octanol–water partition coefficient (Wildman–Crippen LogP) is 0.428. The first-order valence-electron chi connectivity index (χ1n) is 5.33. The normalized spacial score (nSPS) is 13.9. The Hall–Kier alpha value is -1.56. The van der Waals surface area contributed by atoms with Crippen LogP contribution in [0.3, 0.4) is 0 Å². The SMILES string of the molecule is C=CCN(C(=O)NCC(C)(O)C(=O)O)C(C)C. The van der Waals surface area contributed by atoms with E-state index in [1.165, 1.54) is 4.90 Å². The summed E-state index contributed by atoms with van der Waals surface area (Å²) in [5.74, 6) is -1.38. The molecule has 1 atom stereocenters. The second kappa shape index (κ2) is 6.24. The van der Waals surface area contributed by atoms with Gasteiger partial charge in [-0.3, -0.25) is 0 Å². The van der Waals surface area contributed by atoms with Gasteiger partial charge in [-0.2, -0.15) is 0 Å². The van der Waals surface area contributed by atoms with E-state index < -0.39 is 17.6 Å². The van der Waals surface area contributed by atoms with Gasteiger partial charge in [-0.25, -0.2) is 9.59 Å². The number of carboxylic acid groups (broad SMARTS) is 1. The van der Waals surface area contributed by atoms with E-state index in [1.54, 1.807) is 6.08 Å². The highest BCUT2D eigenvalue weighted by atomic mass is 16.4. The molecule has 6 heteroatoms. The van der Waals surface area contributed by atoms with E-state index in [0.29, 0.717) is 6.54 Å². The highest BCUT2D eigenvalue weighted by Crippen LogP contribution is 2.03. The van der Waals surface area contributed by atoms with Crippen LogP contribution in [0.2, 0.25) is 0 Å². The molecule has 1 unspecified atom stereocenters. The van der Waals surface area contributed by atoms with E-state index in [4.69, 9.17) is 5.11 Å². The van der Waals surface area contributed by atoms with Gasteiger partial charge in [-0.05, 0) is 20.8 Å². The third-order valence-electron chi connectivity index (χ3n) is 2.25. The fourth-order valence-electron chi connectivity index (χ4n) is 1.09. The molecule has 17 heavy (non-hydrogen) atoms. The summed E-state index contributed by atoms with van der Waals surface area (Å²) in [4.78, 5) is 23.8. The van der Waals surface area contributed by atoms with Crippen LogP contribution in [0, 0.1) is 0 Å². The lowest BCUT2D eigenvalue weighted by Crippen LogP contribution is -2.51. The van der Waals surface area contributed by atoms with Crippen LogP contribution in [0.15, 0.2) is 12.7 Å². The zero-order valence-electron chi connectivity index (χ0n) is 10.4. The third-order valence-corrected chi connectivity index (χ3v) is 2.25. The second-order valence-corrected chi connectivity index (χ2v) is 4.27. The number of carboxylic acids is 1. The second-order valence-electron chi connectivity index (χ2n) is 4.27. The molecule has 0 saturated carbocycles. The summed E-state index contributed by atoms with van der Waals surface area (Å²) < 4.78 is 0. The number of aliphatic hydroxyl groups is 1. The number of urea groups is 1. The van der Waals surface area contributed by atoms with Gasteiger partial charge in [0, 0.05) is 12.6 Å². The van der Waals surface area contributed by atoms with Gasteiger partial charge in [-0.15, -0.1) is 6.58 Å². The van der Waals surface area contributed by atoms with Gasteiger partial charge in [-0.1, -0.05) is 6.08 Å². The molecule has 2 amide bonds. The van der Waals surface area contributed by atoms with Crippen LogP contribution in [0.4, 0.5) is 4.79 Å². The number of hydrogen-bond acceptors (Lipinski definition) is 3. The zero-order valence-corrected chi connectivity index (χ0v) is 10.4. The van der Waals surface area contributed by atoms with Crippen molar-refractivity contribution < 1.29 is 19.8 Å². The number of hydrogen-bond donors (Lipinski definition) is 3. The number of nitrogens with one attached hydrogen (secondary N) is 1. The summed E-state index contributed by atoms with van der Waals surface area (Å²) in [6.07, 6.45) is 1.58. The molecule has 0 aliphatic heterocycles. The summed E-state index contributed by atoms with van der Waals surface area (Å²) in [6, 6.07) is -0.468. The Morgan fingerprint density at radius 3 is 2.41 bits per heavy atom. The van der Waals surface area contributed by atoms with E-state index in [2.05, 4.69) is 11.9 Å². The molecule has 0 fully saturated rings. The van der Waals surface area contributed by atoms with Crippen LogP contribution < -0.4 is 5.32 Å². The quantitative estimate of drug-likeness (QED) is 0.591. The molecule has 0 radical (unpaired) electrons. The molecule has 0 aromatic rings. The Bertz CT molecular complexity index is 300. The van der Waals surface area contributed by atoms with Crippen molar-refractivity contribution in [2.45, 2.75) is 32.4 Å². The number of aliphatic carboxylic acids is 1. The minimum Gasteiger partial charge on any atom is -0.479 e. The highest BCUT2D eigenvalue weighted by Gasteiger charge is 2.31. The first-order valence-corrected chi connectivity index (χ1v) is 5.33. The number of nitrogens with zero attached hydrogens (tertiary/aromatic N) is 1. The summed E-state index contributed by atoms with van der Waals surface area (Å²) in [7, 11) is 0. The largest absolute Gasteiger partial charge is 0.479 e. The Balaban J connectivity index is 4.43. The lowest BCUT2D eigenvalue weighted by Gasteiger charge is -2.27. The molecule has 3 N–H and O–H groups in total. The van der Waals surface area contributed by atoms with Crippen LogP contribution in [-0.4, -0.2) is 51.8 Å². The van der Waals surface area contributed by atoms with E-state index in [-0.39, 0.29) is 12.6 Å². The minimum atomic E-state index is -1.97. The van der Waals surface area contributed by atoms with Crippen LogP contribution in [-0.2, 0) is 4.79 Å². The van der Waals surface area contributed by atoms with Crippen LogP contribution in [0.25, 0.3) is 0 Å². The van der Waals surface area contributed by atoms with E-state index in [1.807, 2.05) is 13.8 Å². The standard InChI is InChI=1S/C11H20N2O4/c1-5-6-13(8(2)3)10(16)12-7-11(4,17)9(14)15/h5,8,17H,1,6-7H2,2-4H3,(H,12,16)(H,14,15). The van der Waals surface area contributed by atoms with Crippen molar-refractivity contribution in [3.8, 4) is 0 Å². The molecule has 0 aromatic heterocycles. The average Bonchev–Trinajstić information content (AvgIpc) is 2.22. The lowest BCUT2D eigenvalue weighted by molar-refractivity contribution is -0.155. The number of rotatable bonds is 6. The van der Waals surface area contributed by atoms with Crippen LogP contribution in [0.1, 0.15) is 20.8 Å². The maximum atomic E-state index is 11.7. The predicted molar refractivity (Wildman–Crippen MR) is 63.7 cm³/mol. The number of amides is 2. The van der Waals surface area contributed by atoms with Crippen molar-refractivity contribution in [1.82, 2.24) is 10.2 Å². The Morgan fingerprint density at radius 1 is 1.53 bits per heavy atom. The zero-order chi connectivity index (χ0) is 13.6. The smallest absolute Gasteiger partial charge is 0.337 e. The van der Waals surface area contributed by atoms with Crippen molar-refractivity contribution in [1.29, 1.82) is 0 Å². The van der Waals surface area contributed by atoms with Crippen molar-refractivity contribution >= 4 is 12.0 Å². The topological polar surface area (TPSA) is 89.9 Å². The fourth-order valence-corrected chi connectivity index (χ4v) is 1.09. The Labute approximate surface area is 101 Å². The van der Waals surface area contributed by atoms with E-state index >= 15 is 0 Å². The van der Waals surface area contributed by atoms with Crippen LogP contribution >= 0.6 is 0 Å². The molecule has 0 saturated heterocycles. The molecule has 0 spiro atoms. The Kier molecular flexibility index (Phi) is 5.67. The molecule has 0 rings (SSSR count). The minimum absolute atomic E-state index is 0.0391. The average molecular weight is 244 g/mol. The van der Waals surface area contributed by atoms with Crippen molar-refractivity contribution in [3.05, 3.63) is 12.7 Å². The summed E-state index contributed by atoms with van der Waals surface area (Å²) in [5.41, 5.74) is -1.97. The Morgan fingerprint density at radius 2 is 2.06 bits per heavy atom. The number of carbonyl (C=O) groups excluding carboxylic acids is 1. The monoisotopic (exact) mass is 244 g/mol. The molecular weight excluding hydrogens is 224 g/mol. The molecule has 0 heterocycles. The molecule has 0 aromatic carbocycles. The molecular formula is C11H20N2O4. The lowest BCUT2D eigenvalue weighted by atomic mass is 10.1. The molecule has 6 nitrogen and oxygen atoms in total. The van der Waals surface area contributed by atoms with Gasteiger partial charge in [0.2, 0.25) is 0 Å².